The molecule has 0 fully saturated rings. The molecule has 0 atom stereocenters. The van der Waals surface area contributed by atoms with Crippen LogP contribution in [0.4, 0.5) is 4.79 Å². The Morgan fingerprint density at radius 2 is 1.64 bits per heavy atom. The third kappa shape index (κ3) is 5.21. The predicted molar refractivity (Wildman–Crippen MR) is 140 cm³/mol. The zero-order chi connectivity index (χ0) is 23.5. The Labute approximate surface area is 211 Å². The molecule has 4 rings (SSSR count). The van der Waals surface area contributed by atoms with Crippen molar-refractivity contribution in [1.82, 2.24) is 9.47 Å². The molecule has 0 unspecified atom stereocenters. The lowest BCUT2D eigenvalue weighted by Gasteiger charge is -2.20. The summed E-state index contributed by atoms with van der Waals surface area (Å²) in [7, 11) is 0. The number of rotatable bonds is 6. The van der Waals surface area contributed by atoms with Crippen molar-refractivity contribution in [3.05, 3.63) is 86.9 Å². The number of fused-ring (bicyclic) bond motifs is 1. The number of ether oxygens (including phenoxy) is 1. The molecule has 0 N–H and O–H groups in total. The van der Waals surface area contributed by atoms with Gasteiger partial charge in [-0.3, -0.25) is 0 Å². The highest BCUT2D eigenvalue weighted by Gasteiger charge is 2.19. The first-order chi connectivity index (χ1) is 15.9. The number of aromatic nitrogens is 1. The summed E-state index contributed by atoms with van der Waals surface area (Å²) in [5, 5.41) is 1.99. The van der Waals surface area contributed by atoms with Crippen LogP contribution in [0, 0.1) is 0 Å². The summed E-state index contributed by atoms with van der Waals surface area (Å²) in [5.74, 6) is 0.471. The van der Waals surface area contributed by atoms with Crippen LogP contribution in [0.15, 0.2) is 71.3 Å². The second kappa shape index (κ2) is 10.2. The lowest BCUT2D eigenvalue weighted by atomic mass is 10.0. The van der Waals surface area contributed by atoms with Crippen molar-refractivity contribution in [2.75, 3.05) is 13.1 Å². The maximum Gasteiger partial charge on any atom is 0.415 e. The summed E-state index contributed by atoms with van der Waals surface area (Å²) in [6.45, 7) is 5.70. The maximum atomic E-state index is 12.7. The van der Waals surface area contributed by atoms with Gasteiger partial charge in [-0.05, 0) is 73.5 Å². The standard InChI is InChI=1S/C26H23BrCl2N2O2/c1-3-30(4-2)26(32)33-24-10-9-23-22(25(24)18-13-20(28)15-21(29)14-18)11-12-31(23)16-17-5-7-19(27)8-6-17/h5-15H,3-4,16H2,1-2H3. The fourth-order valence-electron chi connectivity index (χ4n) is 3.90. The van der Waals surface area contributed by atoms with Gasteiger partial charge in [0.15, 0.2) is 0 Å². The molecule has 0 saturated heterocycles. The Balaban J connectivity index is 1.83. The summed E-state index contributed by atoms with van der Waals surface area (Å²) in [6, 6.07) is 19.5. The Bertz CT molecular complexity index is 1280. The van der Waals surface area contributed by atoms with Gasteiger partial charge in [-0.25, -0.2) is 4.79 Å². The van der Waals surface area contributed by atoms with Gasteiger partial charge in [-0.2, -0.15) is 0 Å². The van der Waals surface area contributed by atoms with Crippen LogP contribution in [-0.4, -0.2) is 28.6 Å². The minimum absolute atomic E-state index is 0.386. The van der Waals surface area contributed by atoms with Crippen molar-refractivity contribution < 1.29 is 9.53 Å². The number of nitrogens with zero attached hydrogens (tertiary/aromatic N) is 2. The van der Waals surface area contributed by atoms with Gasteiger partial charge < -0.3 is 14.2 Å². The van der Waals surface area contributed by atoms with Crippen LogP contribution < -0.4 is 4.74 Å². The molecular weight excluding hydrogens is 523 g/mol. The van der Waals surface area contributed by atoms with Gasteiger partial charge in [0.2, 0.25) is 0 Å². The van der Waals surface area contributed by atoms with Crippen molar-refractivity contribution in [1.29, 1.82) is 0 Å². The summed E-state index contributed by atoms with van der Waals surface area (Å²) in [6.07, 6.45) is 1.65. The van der Waals surface area contributed by atoms with Gasteiger partial charge in [0.05, 0.1) is 0 Å². The molecule has 0 aliphatic carbocycles. The smallest absolute Gasteiger partial charge is 0.410 e. The number of carbonyl (C=O) groups excluding carboxylic acids is 1. The van der Waals surface area contributed by atoms with E-state index >= 15 is 0 Å². The molecule has 7 heteroatoms. The molecule has 0 radical (unpaired) electrons. The molecule has 4 aromatic rings. The molecule has 33 heavy (non-hydrogen) atoms. The number of hydrogen-bond donors (Lipinski definition) is 0. The molecule has 0 aliphatic rings. The van der Waals surface area contributed by atoms with Crippen LogP contribution >= 0.6 is 39.1 Å². The van der Waals surface area contributed by atoms with E-state index in [1.54, 1.807) is 11.0 Å². The van der Waals surface area contributed by atoms with Crippen LogP contribution in [0.25, 0.3) is 22.0 Å². The summed E-state index contributed by atoms with van der Waals surface area (Å²) < 4.78 is 9.07. The van der Waals surface area contributed by atoms with Crippen molar-refractivity contribution >= 4 is 56.1 Å². The number of benzene rings is 3. The average molecular weight is 546 g/mol. The fraction of sp³-hybridized carbons (Fsp3) is 0.192. The summed E-state index contributed by atoms with van der Waals surface area (Å²) in [4.78, 5) is 14.4. The highest BCUT2D eigenvalue weighted by atomic mass is 79.9. The molecule has 0 spiro atoms. The Morgan fingerprint density at radius 3 is 2.27 bits per heavy atom. The molecule has 1 amide bonds. The molecule has 170 valence electrons. The molecule has 0 aliphatic heterocycles. The normalized spacial score (nSPS) is 11.1. The van der Waals surface area contributed by atoms with Gasteiger partial charge in [0, 0.05) is 56.8 Å². The highest BCUT2D eigenvalue weighted by Crippen LogP contribution is 2.40. The molecule has 4 nitrogen and oxygen atoms in total. The molecular formula is C26H23BrCl2N2O2. The number of hydrogen-bond acceptors (Lipinski definition) is 2. The van der Waals surface area contributed by atoms with Crippen molar-refractivity contribution in [3.8, 4) is 16.9 Å². The van der Waals surface area contributed by atoms with Crippen molar-refractivity contribution in [3.63, 3.8) is 0 Å². The average Bonchev–Trinajstić information content (AvgIpc) is 3.18. The van der Waals surface area contributed by atoms with E-state index in [1.165, 1.54) is 5.56 Å². The maximum absolute atomic E-state index is 12.7. The first-order valence-electron chi connectivity index (χ1n) is 10.7. The van der Waals surface area contributed by atoms with E-state index in [1.807, 2.05) is 62.5 Å². The zero-order valence-electron chi connectivity index (χ0n) is 18.3. The van der Waals surface area contributed by atoms with Gasteiger partial charge in [-0.1, -0.05) is 51.3 Å². The third-order valence-corrected chi connectivity index (χ3v) is 6.52. The number of amides is 1. The molecule has 1 heterocycles. The van der Waals surface area contributed by atoms with E-state index in [2.05, 4.69) is 32.6 Å². The minimum Gasteiger partial charge on any atom is -0.410 e. The molecule has 0 bridgehead atoms. The van der Waals surface area contributed by atoms with E-state index in [0.717, 1.165) is 26.5 Å². The monoisotopic (exact) mass is 544 g/mol. The largest absolute Gasteiger partial charge is 0.415 e. The van der Waals surface area contributed by atoms with Crippen molar-refractivity contribution in [2.45, 2.75) is 20.4 Å². The minimum atomic E-state index is -0.386. The lowest BCUT2D eigenvalue weighted by Crippen LogP contribution is -2.33. The van der Waals surface area contributed by atoms with Crippen LogP contribution in [0.5, 0.6) is 5.75 Å². The Morgan fingerprint density at radius 1 is 0.970 bits per heavy atom. The van der Waals surface area contributed by atoms with E-state index in [4.69, 9.17) is 27.9 Å². The van der Waals surface area contributed by atoms with E-state index in [9.17, 15) is 4.79 Å². The molecule has 1 aromatic heterocycles. The van der Waals surface area contributed by atoms with Gasteiger partial charge in [0.1, 0.15) is 5.75 Å². The van der Waals surface area contributed by atoms with E-state index in [0.29, 0.717) is 35.4 Å². The Kier molecular flexibility index (Phi) is 7.32. The van der Waals surface area contributed by atoms with Crippen LogP contribution in [-0.2, 0) is 6.54 Å². The number of halogens is 3. The first kappa shape index (κ1) is 23.7. The van der Waals surface area contributed by atoms with Crippen LogP contribution in [0.3, 0.4) is 0 Å². The van der Waals surface area contributed by atoms with E-state index < -0.39 is 0 Å². The van der Waals surface area contributed by atoms with Gasteiger partial charge >= 0.3 is 6.09 Å². The second-order valence-corrected chi connectivity index (χ2v) is 9.43. The lowest BCUT2D eigenvalue weighted by molar-refractivity contribution is 0.157. The molecule has 0 saturated carbocycles. The highest BCUT2D eigenvalue weighted by molar-refractivity contribution is 9.10. The van der Waals surface area contributed by atoms with Crippen molar-refractivity contribution in [2.24, 2.45) is 0 Å². The van der Waals surface area contributed by atoms with E-state index in [-0.39, 0.29) is 6.09 Å². The predicted octanol–water partition coefficient (Wildman–Crippen LogP) is 8.27. The second-order valence-electron chi connectivity index (χ2n) is 7.64. The van der Waals surface area contributed by atoms with Crippen LogP contribution in [0.2, 0.25) is 10.0 Å². The van der Waals surface area contributed by atoms with Crippen LogP contribution in [0.1, 0.15) is 19.4 Å². The topological polar surface area (TPSA) is 34.5 Å². The zero-order valence-corrected chi connectivity index (χ0v) is 21.4. The third-order valence-electron chi connectivity index (χ3n) is 5.55. The van der Waals surface area contributed by atoms with Gasteiger partial charge in [0.25, 0.3) is 0 Å². The fourth-order valence-corrected chi connectivity index (χ4v) is 4.69. The Hall–Kier alpha value is -2.47. The van der Waals surface area contributed by atoms with Gasteiger partial charge in [-0.15, -0.1) is 0 Å². The quantitative estimate of drug-likeness (QED) is 0.244. The summed E-state index contributed by atoms with van der Waals surface area (Å²) >= 11 is 16.1. The number of carbonyl (C=O) groups is 1. The SMILES string of the molecule is CCN(CC)C(=O)Oc1ccc2c(ccn2Cc2ccc(Br)cc2)c1-c1cc(Cl)cc(Cl)c1. The summed E-state index contributed by atoms with van der Waals surface area (Å²) in [5.41, 5.74) is 3.78. The first-order valence-corrected chi connectivity index (χ1v) is 12.2. The molecule has 3 aromatic carbocycles.